The van der Waals surface area contributed by atoms with Crippen LogP contribution in [0.1, 0.15) is 47.0 Å². The predicted octanol–water partition coefficient (Wildman–Crippen LogP) is 1.39. The SMILES string of the molecule is COCC(O)CN1CCC(NC2CC(C)(C)OC2(C)C)CC1. The summed E-state index contributed by atoms with van der Waals surface area (Å²) in [6.45, 7) is 11.9. The van der Waals surface area contributed by atoms with Crippen molar-refractivity contribution in [3.63, 3.8) is 0 Å². The number of aliphatic hydroxyl groups is 1. The molecule has 0 amide bonds. The Balaban J connectivity index is 1.76. The Kier molecular flexibility index (Phi) is 5.89. The molecule has 0 radical (unpaired) electrons. The van der Waals surface area contributed by atoms with Crippen molar-refractivity contribution in [1.29, 1.82) is 0 Å². The maximum Gasteiger partial charge on any atom is 0.0900 e. The molecular weight excluding hydrogens is 280 g/mol. The molecule has 2 rings (SSSR count). The summed E-state index contributed by atoms with van der Waals surface area (Å²) in [5.41, 5.74) is -0.137. The number of hydrogen-bond donors (Lipinski definition) is 2. The molecule has 2 unspecified atom stereocenters. The van der Waals surface area contributed by atoms with Gasteiger partial charge in [0.2, 0.25) is 0 Å². The van der Waals surface area contributed by atoms with Gasteiger partial charge >= 0.3 is 0 Å². The second-order valence-corrected chi connectivity index (χ2v) is 8.07. The van der Waals surface area contributed by atoms with Gasteiger partial charge in [0.1, 0.15) is 0 Å². The lowest BCUT2D eigenvalue weighted by atomic mass is 9.92. The summed E-state index contributed by atoms with van der Waals surface area (Å²) in [7, 11) is 1.63. The Morgan fingerprint density at radius 1 is 1.27 bits per heavy atom. The lowest BCUT2D eigenvalue weighted by Crippen LogP contribution is -2.52. The molecule has 0 aliphatic carbocycles. The van der Waals surface area contributed by atoms with Gasteiger partial charge < -0.3 is 24.8 Å². The normalized spacial score (nSPS) is 30.5. The minimum absolute atomic E-state index is 0.0356. The third-order valence-electron chi connectivity index (χ3n) is 4.93. The number of β-amino-alcohol motifs (C(OH)–C–C–N with tert-alkyl or cyclic N) is 1. The van der Waals surface area contributed by atoms with Gasteiger partial charge in [0.15, 0.2) is 0 Å². The molecule has 5 heteroatoms. The van der Waals surface area contributed by atoms with Gasteiger partial charge in [-0.3, -0.25) is 0 Å². The fraction of sp³-hybridized carbons (Fsp3) is 1.00. The van der Waals surface area contributed by atoms with E-state index in [0.717, 1.165) is 32.4 Å². The topological polar surface area (TPSA) is 54.0 Å². The standard InChI is InChI=1S/C17H34N2O3/c1-16(2)10-15(17(3,4)22-16)18-13-6-8-19(9-7-13)11-14(20)12-21-5/h13-15,18,20H,6-12H2,1-5H3. The van der Waals surface area contributed by atoms with Crippen molar-refractivity contribution in [2.75, 3.05) is 33.4 Å². The molecule has 2 saturated heterocycles. The molecule has 0 bridgehead atoms. The zero-order valence-electron chi connectivity index (χ0n) is 14.9. The minimum Gasteiger partial charge on any atom is -0.389 e. The van der Waals surface area contributed by atoms with Crippen LogP contribution < -0.4 is 5.32 Å². The van der Waals surface area contributed by atoms with E-state index in [1.165, 1.54) is 0 Å². The number of nitrogens with one attached hydrogen (secondary N) is 1. The van der Waals surface area contributed by atoms with Crippen molar-refractivity contribution in [2.45, 2.75) is 76.3 Å². The van der Waals surface area contributed by atoms with Gasteiger partial charge in [-0.1, -0.05) is 0 Å². The summed E-state index contributed by atoms with van der Waals surface area (Å²) < 4.78 is 11.2. The van der Waals surface area contributed by atoms with Crippen LogP contribution in [0.5, 0.6) is 0 Å². The van der Waals surface area contributed by atoms with E-state index in [1.807, 2.05) is 0 Å². The van der Waals surface area contributed by atoms with Gasteiger partial charge in [-0.2, -0.15) is 0 Å². The van der Waals surface area contributed by atoms with Crippen molar-refractivity contribution in [3.8, 4) is 0 Å². The first kappa shape index (κ1) is 18.1. The van der Waals surface area contributed by atoms with Crippen LogP contribution >= 0.6 is 0 Å². The van der Waals surface area contributed by atoms with Crippen molar-refractivity contribution in [2.24, 2.45) is 0 Å². The van der Waals surface area contributed by atoms with Crippen LogP contribution in [0.3, 0.4) is 0 Å². The number of hydrogen-bond acceptors (Lipinski definition) is 5. The van der Waals surface area contributed by atoms with Crippen molar-refractivity contribution >= 4 is 0 Å². The van der Waals surface area contributed by atoms with E-state index in [2.05, 4.69) is 37.9 Å². The molecule has 130 valence electrons. The quantitative estimate of drug-likeness (QED) is 0.776. The highest BCUT2D eigenvalue weighted by molar-refractivity contribution is 5.00. The molecule has 22 heavy (non-hydrogen) atoms. The van der Waals surface area contributed by atoms with E-state index < -0.39 is 0 Å². The number of likely N-dealkylation sites (tertiary alicyclic amines) is 1. The second-order valence-electron chi connectivity index (χ2n) is 8.07. The molecule has 2 N–H and O–H groups in total. The first-order valence-electron chi connectivity index (χ1n) is 8.57. The molecule has 2 aliphatic heterocycles. The van der Waals surface area contributed by atoms with E-state index in [1.54, 1.807) is 7.11 Å². The molecule has 0 aromatic carbocycles. The van der Waals surface area contributed by atoms with E-state index in [-0.39, 0.29) is 17.3 Å². The summed E-state index contributed by atoms with van der Waals surface area (Å²) in [5, 5.41) is 13.6. The van der Waals surface area contributed by atoms with Gasteiger partial charge in [0.05, 0.1) is 23.9 Å². The van der Waals surface area contributed by atoms with Gasteiger partial charge in [-0.05, 0) is 60.0 Å². The number of piperidine rings is 1. The number of methoxy groups -OCH3 is 1. The van der Waals surface area contributed by atoms with E-state index in [4.69, 9.17) is 9.47 Å². The van der Waals surface area contributed by atoms with E-state index in [0.29, 0.717) is 25.2 Å². The molecule has 2 fully saturated rings. The third kappa shape index (κ3) is 4.90. The van der Waals surface area contributed by atoms with Crippen molar-refractivity contribution < 1.29 is 14.6 Å². The maximum atomic E-state index is 9.82. The Hall–Kier alpha value is -0.200. The smallest absolute Gasteiger partial charge is 0.0900 e. The first-order chi connectivity index (χ1) is 10.2. The molecular formula is C17H34N2O3. The lowest BCUT2D eigenvalue weighted by Gasteiger charge is -2.37. The molecule has 0 aromatic rings. The maximum absolute atomic E-state index is 9.82. The first-order valence-corrected chi connectivity index (χ1v) is 8.57. The van der Waals surface area contributed by atoms with Crippen molar-refractivity contribution in [1.82, 2.24) is 10.2 Å². The van der Waals surface area contributed by atoms with Crippen LogP contribution in [0, 0.1) is 0 Å². The van der Waals surface area contributed by atoms with Crippen LogP contribution in [0.15, 0.2) is 0 Å². The number of ether oxygens (including phenoxy) is 2. The third-order valence-corrected chi connectivity index (χ3v) is 4.93. The molecule has 0 saturated carbocycles. The molecule has 2 heterocycles. The minimum atomic E-state index is -0.377. The predicted molar refractivity (Wildman–Crippen MR) is 88.1 cm³/mol. The van der Waals surface area contributed by atoms with Crippen LogP contribution in [0.4, 0.5) is 0 Å². The summed E-state index contributed by atoms with van der Waals surface area (Å²) in [6, 6.07) is 0.968. The highest BCUT2D eigenvalue weighted by Gasteiger charge is 2.46. The Morgan fingerprint density at radius 2 is 1.91 bits per heavy atom. The molecule has 2 aliphatic rings. The summed E-state index contributed by atoms with van der Waals surface area (Å²) in [4.78, 5) is 2.34. The second kappa shape index (κ2) is 7.14. The highest BCUT2D eigenvalue weighted by atomic mass is 16.5. The van der Waals surface area contributed by atoms with Crippen LogP contribution in [-0.2, 0) is 9.47 Å². The summed E-state index contributed by atoms with van der Waals surface area (Å²) >= 11 is 0. The van der Waals surface area contributed by atoms with Crippen LogP contribution in [0.2, 0.25) is 0 Å². The fourth-order valence-electron chi connectivity index (χ4n) is 3.93. The molecule has 2 atom stereocenters. The average molecular weight is 314 g/mol. The largest absolute Gasteiger partial charge is 0.389 e. The Morgan fingerprint density at radius 3 is 2.41 bits per heavy atom. The van der Waals surface area contributed by atoms with E-state index in [9.17, 15) is 5.11 Å². The van der Waals surface area contributed by atoms with Gasteiger partial charge in [-0.25, -0.2) is 0 Å². The van der Waals surface area contributed by atoms with Crippen LogP contribution in [-0.4, -0.2) is 72.7 Å². The number of rotatable bonds is 6. The molecule has 0 spiro atoms. The van der Waals surface area contributed by atoms with Gasteiger partial charge in [0.25, 0.3) is 0 Å². The van der Waals surface area contributed by atoms with Gasteiger partial charge in [-0.15, -0.1) is 0 Å². The number of aliphatic hydroxyl groups excluding tert-OH is 1. The highest BCUT2D eigenvalue weighted by Crippen LogP contribution is 2.37. The fourth-order valence-corrected chi connectivity index (χ4v) is 3.93. The van der Waals surface area contributed by atoms with E-state index >= 15 is 0 Å². The average Bonchev–Trinajstić information content (AvgIpc) is 2.59. The van der Waals surface area contributed by atoms with Gasteiger partial charge in [0, 0.05) is 25.7 Å². The van der Waals surface area contributed by atoms with Crippen LogP contribution in [0.25, 0.3) is 0 Å². The zero-order chi connectivity index (χ0) is 16.4. The zero-order valence-corrected chi connectivity index (χ0v) is 14.9. The monoisotopic (exact) mass is 314 g/mol. The molecule has 5 nitrogen and oxygen atoms in total. The molecule has 0 aromatic heterocycles. The summed E-state index contributed by atoms with van der Waals surface area (Å²) in [6.07, 6.45) is 2.95. The van der Waals surface area contributed by atoms with Crippen molar-refractivity contribution in [3.05, 3.63) is 0 Å². The number of nitrogens with zero attached hydrogens (tertiary/aromatic N) is 1. The summed E-state index contributed by atoms with van der Waals surface area (Å²) in [5.74, 6) is 0. The Bertz CT molecular complexity index is 352. The lowest BCUT2D eigenvalue weighted by molar-refractivity contribution is -0.0709. The Labute approximate surface area is 135 Å².